The summed E-state index contributed by atoms with van der Waals surface area (Å²) in [5.41, 5.74) is 6.87. The number of hydrogen-bond donors (Lipinski definition) is 2. The first-order valence-electron chi connectivity index (χ1n) is 7.79. The van der Waals surface area contributed by atoms with Crippen LogP contribution in [0, 0.1) is 0 Å². The van der Waals surface area contributed by atoms with Crippen LogP contribution in [0.1, 0.15) is 51.5 Å². The summed E-state index contributed by atoms with van der Waals surface area (Å²) in [4.78, 5) is 11.9. The maximum Gasteiger partial charge on any atom is 0.258 e. The molecule has 0 fully saturated rings. The lowest BCUT2D eigenvalue weighted by atomic mass is 10.0. The van der Waals surface area contributed by atoms with Gasteiger partial charge in [0.15, 0.2) is 6.61 Å². The molecule has 0 saturated carbocycles. The van der Waals surface area contributed by atoms with Crippen molar-refractivity contribution in [2.75, 3.05) is 13.2 Å². The van der Waals surface area contributed by atoms with Gasteiger partial charge in [0, 0.05) is 12.6 Å². The van der Waals surface area contributed by atoms with Gasteiger partial charge in [-0.15, -0.1) is 0 Å². The van der Waals surface area contributed by atoms with Crippen LogP contribution in [0.2, 0.25) is 0 Å². The van der Waals surface area contributed by atoms with Crippen LogP contribution in [0.25, 0.3) is 0 Å². The Kier molecular flexibility index (Phi) is 7.83. The van der Waals surface area contributed by atoms with Gasteiger partial charge in [0.25, 0.3) is 5.91 Å². The van der Waals surface area contributed by atoms with E-state index in [1.807, 2.05) is 18.2 Å². The summed E-state index contributed by atoms with van der Waals surface area (Å²) in [6.45, 7) is 6.88. The topological polar surface area (TPSA) is 64.3 Å². The zero-order chi connectivity index (χ0) is 15.7. The molecule has 0 aromatic heterocycles. The second kappa shape index (κ2) is 9.40. The summed E-state index contributed by atoms with van der Waals surface area (Å²) in [6.07, 6.45) is 3.09. The van der Waals surface area contributed by atoms with E-state index in [0.29, 0.717) is 12.5 Å². The van der Waals surface area contributed by atoms with Crippen LogP contribution < -0.4 is 15.8 Å². The van der Waals surface area contributed by atoms with Crippen molar-refractivity contribution in [2.45, 2.75) is 52.0 Å². The van der Waals surface area contributed by atoms with Gasteiger partial charge in [-0.25, -0.2) is 0 Å². The van der Waals surface area contributed by atoms with Crippen molar-refractivity contribution in [3.05, 3.63) is 29.8 Å². The van der Waals surface area contributed by atoms with Gasteiger partial charge in [-0.1, -0.05) is 45.7 Å². The number of ether oxygens (including phenoxy) is 1. The highest BCUT2D eigenvalue weighted by Crippen LogP contribution is 2.19. The smallest absolute Gasteiger partial charge is 0.258 e. The summed E-state index contributed by atoms with van der Waals surface area (Å²) in [5.74, 6) is 1.06. The molecule has 0 bridgehead atoms. The number of unbranched alkanes of at least 4 members (excludes halogenated alkanes) is 1. The molecule has 1 unspecified atom stereocenters. The normalized spacial score (nSPS) is 12.2. The average Bonchev–Trinajstić information content (AvgIpc) is 2.49. The fourth-order valence-electron chi connectivity index (χ4n) is 2.08. The van der Waals surface area contributed by atoms with E-state index >= 15 is 0 Å². The van der Waals surface area contributed by atoms with Gasteiger partial charge in [-0.3, -0.25) is 4.79 Å². The summed E-state index contributed by atoms with van der Waals surface area (Å²) >= 11 is 0. The number of amides is 1. The van der Waals surface area contributed by atoms with Gasteiger partial charge in [0.05, 0.1) is 0 Å². The monoisotopic (exact) mass is 292 g/mol. The van der Waals surface area contributed by atoms with Crippen LogP contribution in [-0.2, 0) is 4.79 Å². The van der Waals surface area contributed by atoms with Crippen molar-refractivity contribution in [3.8, 4) is 5.75 Å². The highest BCUT2D eigenvalue weighted by Gasteiger charge is 2.11. The van der Waals surface area contributed by atoms with Crippen molar-refractivity contribution in [3.63, 3.8) is 0 Å². The fourth-order valence-corrected chi connectivity index (χ4v) is 2.08. The standard InChI is InChI=1S/C17H28N2O2/c1-4-5-8-15(11-18)19-17(20)12-21-16-9-6-7-14(10-16)13(2)3/h6-7,9-10,13,15H,4-5,8,11-12,18H2,1-3H3,(H,19,20). The molecule has 0 saturated heterocycles. The molecule has 4 nitrogen and oxygen atoms in total. The van der Waals surface area contributed by atoms with E-state index in [2.05, 4.69) is 32.2 Å². The molecule has 0 aliphatic carbocycles. The lowest BCUT2D eigenvalue weighted by Crippen LogP contribution is -2.42. The summed E-state index contributed by atoms with van der Waals surface area (Å²) < 4.78 is 5.56. The Labute approximate surface area is 128 Å². The predicted molar refractivity (Wildman–Crippen MR) is 86.5 cm³/mol. The van der Waals surface area contributed by atoms with Gasteiger partial charge in [0.1, 0.15) is 5.75 Å². The first-order valence-corrected chi connectivity index (χ1v) is 7.79. The van der Waals surface area contributed by atoms with Crippen molar-refractivity contribution in [1.82, 2.24) is 5.32 Å². The van der Waals surface area contributed by atoms with Crippen molar-refractivity contribution >= 4 is 5.91 Å². The van der Waals surface area contributed by atoms with E-state index in [1.54, 1.807) is 0 Å². The van der Waals surface area contributed by atoms with Crippen LogP contribution in [0.4, 0.5) is 0 Å². The Morgan fingerprint density at radius 1 is 1.38 bits per heavy atom. The molecule has 0 aliphatic rings. The Bertz CT molecular complexity index is 433. The van der Waals surface area contributed by atoms with Crippen molar-refractivity contribution < 1.29 is 9.53 Å². The van der Waals surface area contributed by atoms with Crippen LogP contribution in [0.5, 0.6) is 5.75 Å². The third kappa shape index (κ3) is 6.63. The maximum atomic E-state index is 11.9. The molecule has 3 N–H and O–H groups in total. The van der Waals surface area contributed by atoms with Crippen LogP contribution in [0.3, 0.4) is 0 Å². The Morgan fingerprint density at radius 3 is 2.76 bits per heavy atom. The van der Waals surface area contributed by atoms with E-state index in [-0.39, 0.29) is 18.6 Å². The first-order chi connectivity index (χ1) is 10.1. The van der Waals surface area contributed by atoms with Gasteiger partial charge in [-0.2, -0.15) is 0 Å². The third-order valence-corrected chi connectivity index (χ3v) is 3.45. The van der Waals surface area contributed by atoms with E-state index in [0.717, 1.165) is 25.0 Å². The fraction of sp³-hybridized carbons (Fsp3) is 0.588. The first kappa shape index (κ1) is 17.5. The van der Waals surface area contributed by atoms with Gasteiger partial charge >= 0.3 is 0 Å². The van der Waals surface area contributed by atoms with Crippen LogP contribution >= 0.6 is 0 Å². The molecule has 1 amide bonds. The molecule has 1 rings (SSSR count). The summed E-state index contributed by atoms with van der Waals surface area (Å²) in [6, 6.07) is 7.91. The van der Waals surface area contributed by atoms with Crippen molar-refractivity contribution in [2.24, 2.45) is 5.73 Å². The highest BCUT2D eigenvalue weighted by molar-refractivity contribution is 5.77. The van der Waals surface area contributed by atoms with Crippen molar-refractivity contribution in [1.29, 1.82) is 0 Å². The molecule has 0 radical (unpaired) electrons. The lowest BCUT2D eigenvalue weighted by molar-refractivity contribution is -0.123. The average molecular weight is 292 g/mol. The number of carbonyl (C=O) groups is 1. The predicted octanol–water partition coefficient (Wildman–Crippen LogP) is 2.82. The molecule has 1 aromatic rings. The lowest BCUT2D eigenvalue weighted by Gasteiger charge is -2.17. The van der Waals surface area contributed by atoms with Gasteiger partial charge in [-0.05, 0) is 30.0 Å². The molecular formula is C17H28N2O2. The van der Waals surface area contributed by atoms with Gasteiger partial charge < -0.3 is 15.8 Å². The molecule has 0 spiro atoms. The third-order valence-electron chi connectivity index (χ3n) is 3.45. The zero-order valence-corrected chi connectivity index (χ0v) is 13.4. The second-order valence-electron chi connectivity index (χ2n) is 5.66. The number of nitrogens with two attached hydrogens (primary N) is 1. The Morgan fingerprint density at radius 2 is 2.14 bits per heavy atom. The van der Waals surface area contributed by atoms with E-state index < -0.39 is 0 Å². The molecule has 1 aromatic carbocycles. The maximum absolute atomic E-state index is 11.9. The molecule has 1 atom stereocenters. The van der Waals surface area contributed by atoms with E-state index in [1.165, 1.54) is 5.56 Å². The number of benzene rings is 1. The molecule has 0 heterocycles. The minimum absolute atomic E-state index is 0.0319. The SMILES string of the molecule is CCCCC(CN)NC(=O)COc1cccc(C(C)C)c1. The largest absolute Gasteiger partial charge is 0.484 e. The quantitative estimate of drug-likeness (QED) is 0.735. The molecule has 21 heavy (non-hydrogen) atoms. The molecule has 118 valence electrons. The highest BCUT2D eigenvalue weighted by atomic mass is 16.5. The summed E-state index contributed by atoms with van der Waals surface area (Å²) in [7, 11) is 0. The van der Waals surface area contributed by atoms with Crippen LogP contribution in [0.15, 0.2) is 24.3 Å². The second-order valence-corrected chi connectivity index (χ2v) is 5.66. The minimum atomic E-state index is -0.114. The number of nitrogens with one attached hydrogen (secondary N) is 1. The molecular weight excluding hydrogens is 264 g/mol. The molecule has 0 aliphatic heterocycles. The Hall–Kier alpha value is -1.55. The Balaban J connectivity index is 2.43. The molecule has 4 heteroatoms. The summed E-state index contributed by atoms with van der Waals surface area (Å²) in [5, 5.41) is 2.92. The number of carbonyl (C=O) groups excluding carboxylic acids is 1. The zero-order valence-electron chi connectivity index (χ0n) is 13.4. The number of rotatable bonds is 9. The van der Waals surface area contributed by atoms with E-state index in [9.17, 15) is 4.79 Å². The van der Waals surface area contributed by atoms with Crippen LogP contribution in [-0.4, -0.2) is 25.1 Å². The van der Waals surface area contributed by atoms with E-state index in [4.69, 9.17) is 10.5 Å². The number of hydrogen-bond acceptors (Lipinski definition) is 3. The minimum Gasteiger partial charge on any atom is -0.484 e. The van der Waals surface area contributed by atoms with Gasteiger partial charge in [0.2, 0.25) is 0 Å².